The molecule has 1 heteroatoms. The lowest BCUT2D eigenvalue weighted by Gasteiger charge is -2.00. The zero-order chi connectivity index (χ0) is 8.36. The van der Waals surface area contributed by atoms with Crippen LogP contribution in [0.2, 0.25) is 0 Å². The van der Waals surface area contributed by atoms with Gasteiger partial charge in [0.1, 0.15) is 0 Å². The normalized spacial score (nSPS) is 9.91. The molecule has 0 aliphatic heterocycles. The van der Waals surface area contributed by atoms with Crippen LogP contribution in [0.5, 0.6) is 0 Å². The standard InChI is InChI=1S/C10H20O/c1-3-5-6-7-8-10-11-9-4-2/h3H,1,4-10H2,2H3. The van der Waals surface area contributed by atoms with E-state index in [1.807, 2.05) is 6.08 Å². The van der Waals surface area contributed by atoms with Gasteiger partial charge in [0, 0.05) is 13.2 Å². The number of ether oxygens (including phenoxy) is 1. The van der Waals surface area contributed by atoms with E-state index in [1.54, 1.807) is 0 Å². The summed E-state index contributed by atoms with van der Waals surface area (Å²) < 4.78 is 5.34. The Hall–Kier alpha value is -0.300. The molecule has 0 radical (unpaired) electrons. The Morgan fingerprint density at radius 1 is 1.18 bits per heavy atom. The fourth-order valence-electron chi connectivity index (χ4n) is 0.916. The molecule has 0 fully saturated rings. The summed E-state index contributed by atoms with van der Waals surface area (Å²) >= 11 is 0. The number of allylic oxidation sites excluding steroid dienone is 1. The first-order chi connectivity index (χ1) is 5.41. The molecule has 1 nitrogen and oxygen atoms in total. The van der Waals surface area contributed by atoms with Crippen molar-refractivity contribution in [2.75, 3.05) is 13.2 Å². The minimum Gasteiger partial charge on any atom is -0.381 e. The van der Waals surface area contributed by atoms with Gasteiger partial charge in [-0.1, -0.05) is 19.4 Å². The number of rotatable bonds is 8. The van der Waals surface area contributed by atoms with E-state index in [0.29, 0.717) is 0 Å². The highest BCUT2D eigenvalue weighted by molar-refractivity contribution is 4.65. The molecule has 0 heterocycles. The van der Waals surface area contributed by atoms with E-state index in [4.69, 9.17) is 4.74 Å². The van der Waals surface area contributed by atoms with Crippen LogP contribution < -0.4 is 0 Å². The monoisotopic (exact) mass is 156 g/mol. The highest BCUT2D eigenvalue weighted by atomic mass is 16.5. The Morgan fingerprint density at radius 3 is 2.64 bits per heavy atom. The number of hydrogen-bond donors (Lipinski definition) is 0. The minimum absolute atomic E-state index is 0.918. The molecule has 0 unspecified atom stereocenters. The highest BCUT2D eigenvalue weighted by Gasteiger charge is 1.87. The fourth-order valence-corrected chi connectivity index (χ4v) is 0.916. The molecule has 0 aliphatic carbocycles. The molecule has 0 bridgehead atoms. The van der Waals surface area contributed by atoms with Gasteiger partial charge < -0.3 is 4.74 Å². The average molecular weight is 156 g/mol. The van der Waals surface area contributed by atoms with E-state index in [-0.39, 0.29) is 0 Å². The second kappa shape index (κ2) is 9.70. The van der Waals surface area contributed by atoms with Gasteiger partial charge in [-0.3, -0.25) is 0 Å². The first-order valence-corrected chi connectivity index (χ1v) is 4.60. The van der Waals surface area contributed by atoms with Crippen LogP contribution in [0.15, 0.2) is 12.7 Å². The van der Waals surface area contributed by atoms with Crippen molar-refractivity contribution in [3.05, 3.63) is 12.7 Å². The van der Waals surface area contributed by atoms with Gasteiger partial charge in [0.05, 0.1) is 0 Å². The van der Waals surface area contributed by atoms with Crippen LogP contribution in [0.1, 0.15) is 39.0 Å². The van der Waals surface area contributed by atoms with E-state index in [9.17, 15) is 0 Å². The van der Waals surface area contributed by atoms with Gasteiger partial charge in [-0.25, -0.2) is 0 Å². The zero-order valence-corrected chi connectivity index (χ0v) is 7.64. The molecule has 0 rings (SSSR count). The topological polar surface area (TPSA) is 9.23 Å². The number of hydrogen-bond acceptors (Lipinski definition) is 1. The third kappa shape index (κ3) is 9.70. The Morgan fingerprint density at radius 2 is 2.00 bits per heavy atom. The van der Waals surface area contributed by atoms with Crippen molar-refractivity contribution in [3.8, 4) is 0 Å². The van der Waals surface area contributed by atoms with Crippen LogP contribution in [0.25, 0.3) is 0 Å². The minimum atomic E-state index is 0.918. The predicted octanol–water partition coefficient (Wildman–Crippen LogP) is 3.16. The van der Waals surface area contributed by atoms with Gasteiger partial charge in [-0.05, 0) is 25.7 Å². The Labute approximate surface area is 70.4 Å². The van der Waals surface area contributed by atoms with E-state index in [2.05, 4.69) is 13.5 Å². The molecular weight excluding hydrogens is 136 g/mol. The third-order valence-corrected chi connectivity index (χ3v) is 1.55. The summed E-state index contributed by atoms with van der Waals surface area (Å²) in [5.74, 6) is 0. The van der Waals surface area contributed by atoms with Gasteiger partial charge in [-0.15, -0.1) is 6.58 Å². The van der Waals surface area contributed by atoms with Crippen molar-refractivity contribution in [2.45, 2.75) is 39.0 Å². The summed E-state index contributed by atoms with van der Waals surface area (Å²) in [6.07, 6.45) is 8.00. The Kier molecular flexibility index (Phi) is 9.44. The SMILES string of the molecule is C=CCCCCCOCCC. The lowest BCUT2D eigenvalue weighted by Crippen LogP contribution is -1.94. The van der Waals surface area contributed by atoms with Crippen molar-refractivity contribution in [2.24, 2.45) is 0 Å². The Balaban J connectivity index is 2.74. The third-order valence-electron chi connectivity index (χ3n) is 1.55. The molecule has 0 saturated carbocycles. The molecule has 0 aromatic carbocycles. The molecular formula is C10H20O. The van der Waals surface area contributed by atoms with E-state index < -0.39 is 0 Å². The average Bonchev–Trinajstić information content (AvgIpc) is 2.03. The van der Waals surface area contributed by atoms with Gasteiger partial charge in [0.2, 0.25) is 0 Å². The van der Waals surface area contributed by atoms with Crippen molar-refractivity contribution in [1.82, 2.24) is 0 Å². The van der Waals surface area contributed by atoms with Crippen LogP contribution in [-0.2, 0) is 4.74 Å². The maximum absolute atomic E-state index is 5.34. The lowest BCUT2D eigenvalue weighted by molar-refractivity contribution is 0.130. The molecule has 0 atom stereocenters. The highest BCUT2D eigenvalue weighted by Crippen LogP contribution is 2.00. The maximum Gasteiger partial charge on any atom is 0.0466 e. The molecule has 0 aliphatic rings. The lowest BCUT2D eigenvalue weighted by atomic mass is 10.2. The second-order valence-corrected chi connectivity index (χ2v) is 2.75. The molecule has 0 saturated heterocycles. The largest absolute Gasteiger partial charge is 0.381 e. The molecule has 11 heavy (non-hydrogen) atoms. The van der Waals surface area contributed by atoms with Crippen LogP contribution in [-0.4, -0.2) is 13.2 Å². The van der Waals surface area contributed by atoms with E-state index >= 15 is 0 Å². The van der Waals surface area contributed by atoms with Crippen LogP contribution in [0.4, 0.5) is 0 Å². The molecule has 0 N–H and O–H groups in total. The molecule has 0 aromatic rings. The molecule has 66 valence electrons. The van der Waals surface area contributed by atoms with Gasteiger partial charge in [0.15, 0.2) is 0 Å². The van der Waals surface area contributed by atoms with E-state index in [0.717, 1.165) is 26.1 Å². The van der Waals surface area contributed by atoms with Gasteiger partial charge >= 0.3 is 0 Å². The van der Waals surface area contributed by atoms with Gasteiger partial charge in [-0.2, -0.15) is 0 Å². The molecule has 0 aromatic heterocycles. The summed E-state index contributed by atoms with van der Waals surface area (Å²) in [5, 5.41) is 0. The fraction of sp³-hybridized carbons (Fsp3) is 0.800. The van der Waals surface area contributed by atoms with E-state index in [1.165, 1.54) is 19.3 Å². The van der Waals surface area contributed by atoms with Crippen molar-refractivity contribution >= 4 is 0 Å². The van der Waals surface area contributed by atoms with Gasteiger partial charge in [0.25, 0.3) is 0 Å². The quantitative estimate of drug-likeness (QED) is 0.387. The molecule has 0 amide bonds. The van der Waals surface area contributed by atoms with Crippen LogP contribution in [0, 0.1) is 0 Å². The van der Waals surface area contributed by atoms with Crippen LogP contribution >= 0.6 is 0 Å². The maximum atomic E-state index is 5.34. The summed E-state index contributed by atoms with van der Waals surface area (Å²) in [6.45, 7) is 7.67. The van der Waals surface area contributed by atoms with Crippen molar-refractivity contribution in [1.29, 1.82) is 0 Å². The first kappa shape index (κ1) is 10.7. The van der Waals surface area contributed by atoms with Crippen molar-refractivity contribution in [3.63, 3.8) is 0 Å². The summed E-state index contributed by atoms with van der Waals surface area (Å²) in [7, 11) is 0. The second-order valence-electron chi connectivity index (χ2n) is 2.75. The predicted molar refractivity (Wildman–Crippen MR) is 49.8 cm³/mol. The zero-order valence-electron chi connectivity index (χ0n) is 7.64. The van der Waals surface area contributed by atoms with Crippen LogP contribution in [0.3, 0.4) is 0 Å². The number of unbranched alkanes of at least 4 members (excludes halogenated alkanes) is 3. The van der Waals surface area contributed by atoms with Crippen molar-refractivity contribution < 1.29 is 4.74 Å². The molecule has 0 spiro atoms. The Bertz CT molecular complexity index is 78.9. The summed E-state index contributed by atoms with van der Waals surface area (Å²) in [4.78, 5) is 0. The summed E-state index contributed by atoms with van der Waals surface area (Å²) in [6, 6.07) is 0. The first-order valence-electron chi connectivity index (χ1n) is 4.60. The summed E-state index contributed by atoms with van der Waals surface area (Å²) in [5.41, 5.74) is 0. The smallest absolute Gasteiger partial charge is 0.0466 e.